The van der Waals surface area contributed by atoms with Crippen LogP contribution in [0.15, 0.2) is 18.2 Å². The lowest BCUT2D eigenvalue weighted by molar-refractivity contribution is -0.144. The van der Waals surface area contributed by atoms with Crippen LogP contribution in [0.25, 0.3) is 0 Å². The molecule has 0 saturated heterocycles. The van der Waals surface area contributed by atoms with Crippen molar-refractivity contribution in [2.75, 3.05) is 13.7 Å². The molecule has 1 heterocycles. The highest BCUT2D eigenvalue weighted by Gasteiger charge is 2.54. The van der Waals surface area contributed by atoms with E-state index in [1.165, 1.54) is 25.3 Å². The Labute approximate surface area is 149 Å². The number of halogens is 3. The molecule has 1 atom stereocenters. The average molecular weight is 395 g/mol. The first-order valence-corrected chi connectivity index (χ1v) is 9.47. The van der Waals surface area contributed by atoms with Crippen molar-refractivity contribution >= 4 is 16.0 Å². The highest BCUT2D eigenvalue weighted by Crippen LogP contribution is 2.45. The van der Waals surface area contributed by atoms with Crippen LogP contribution in [-0.4, -0.2) is 37.9 Å². The number of esters is 1. The van der Waals surface area contributed by atoms with Crippen LogP contribution < -0.4 is 4.74 Å². The molecule has 0 fully saturated rings. The van der Waals surface area contributed by atoms with Crippen molar-refractivity contribution in [1.82, 2.24) is 4.31 Å². The maximum atomic E-state index is 13.1. The standard InChI is InChI=1S/C16H20F3NO5S/c1-3-4-8-25-15(21)9-13-11-6-5-7-14(24-2)12(11)10-20(13)26(22,23)16(17,18)19/h5-7,13H,3-4,8-10H2,1-2H3. The monoisotopic (exact) mass is 395 g/mol. The number of nitrogens with zero attached hydrogens (tertiary/aromatic N) is 1. The van der Waals surface area contributed by atoms with Crippen LogP contribution in [0, 0.1) is 0 Å². The number of fused-ring (bicyclic) bond motifs is 1. The van der Waals surface area contributed by atoms with E-state index in [2.05, 4.69) is 0 Å². The number of hydrogen-bond acceptors (Lipinski definition) is 5. The molecule has 0 aromatic heterocycles. The normalized spacial score (nSPS) is 17.8. The highest BCUT2D eigenvalue weighted by atomic mass is 32.2. The van der Waals surface area contributed by atoms with Crippen LogP contribution in [0.1, 0.15) is 43.4 Å². The van der Waals surface area contributed by atoms with Crippen LogP contribution in [0.3, 0.4) is 0 Å². The SMILES string of the molecule is CCCCOC(=O)CC1c2cccc(OC)c2CN1S(=O)(=O)C(F)(F)F. The van der Waals surface area contributed by atoms with Gasteiger partial charge in [-0.25, -0.2) is 8.42 Å². The number of carbonyl (C=O) groups excluding carboxylic acids is 1. The highest BCUT2D eigenvalue weighted by molar-refractivity contribution is 7.90. The summed E-state index contributed by atoms with van der Waals surface area (Å²) in [4.78, 5) is 12.0. The van der Waals surface area contributed by atoms with Crippen molar-refractivity contribution < 1.29 is 35.9 Å². The molecule has 6 nitrogen and oxygen atoms in total. The molecule has 1 aliphatic heterocycles. The third-order valence-electron chi connectivity index (χ3n) is 4.13. The largest absolute Gasteiger partial charge is 0.511 e. The van der Waals surface area contributed by atoms with Crippen LogP contribution in [-0.2, 0) is 26.1 Å². The number of methoxy groups -OCH3 is 1. The molecule has 0 aliphatic carbocycles. The third-order valence-corrected chi connectivity index (χ3v) is 5.72. The third kappa shape index (κ3) is 3.96. The van der Waals surface area contributed by atoms with Crippen molar-refractivity contribution in [3.05, 3.63) is 29.3 Å². The van der Waals surface area contributed by atoms with E-state index >= 15 is 0 Å². The summed E-state index contributed by atoms with van der Waals surface area (Å²) in [5.41, 5.74) is -4.84. The smallest absolute Gasteiger partial charge is 0.496 e. The number of alkyl halides is 3. The number of carbonyl (C=O) groups is 1. The lowest BCUT2D eigenvalue weighted by atomic mass is 10.0. The zero-order valence-corrected chi connectivity index (χ0v) is 15.2. The van der Waals surface area contributed by atoms with Crippen molar-refractivity contribution in [1.29, 1.82) is 0 Å². The summed E-state index contributed by atoms with van der Waals surface area (Å²) in [6.07, 6.45) is 0.899. The molecule has 146 valence electrons. The van der Waals surface area contributed by atoms with Gasteiger partial charge in [-0.3, -0.25) is 4.79 Å². The molecule has 0 N–H and O–H groups in total. The predicted octanol–water partition coefficient (Wildman–Crippen LogP) is 3.13. The molecule has 0 spiro atoms. The number of unbranched alkanes of at least 4 members (excludes halogenated alkanes) is 1. The molecular weight excluding hydrogens is 375 g/mol. The molecule has 1 aromatic rings. The first-order valence-electron chi connectivity index (χ1n) is 8.03. The van der Waals surface area contributed by atoms with E-state index < -0.39 is 40.5 Å². The zero-order chi connectivity index (χ0) is 19.5. The van der Waals surface area contributed by atoms with Gasteiger partial charge in [0.05, 0.1) is 26.2 Å². The van der Waals surface area contributed by atoms with E-state index in [1.807, 2.05) is 6.92 Å². The summed E-state index contributed by atoms with van der Waals surface area (Å²) in [5, 5.41) is 0. The first-order chi connectivity index (χ1) is 12.1. The van der Waals surface area contributed by atoms with E-state index in [9.17, 15) is 26.4 Å². The minimum atomic E-state index is -5.62. The van der Waals surface area contributed by atoms with E-state index in [-0.39, 0.29) is 12.4 Å². The van der Waals surface area contributed by atoms with Crippen LogP contribution >= 0.6 is 0 Å². The van der Waals surface area contributed by atoms with E-state index in [1.54, 1.807) is 0 Å². The molecule has 0 bridgehead atoms. The van der Waals surface area contributed by atoms with Gasteiger partial charge in [0.1, 0.15) is 5.75 Å². The molecule has 0 radical (unpaired) electrons. The summed E-state index contributed by atoms with van der Waals surface area (Å²) in [6, 6.07) is 3.27. The second-order valence-electron chi connectivity index (χ2n) is 5.82. The van der Waals surface area contributed by atoms with Gasteiger partial charge in [-0.15, -0.1) is 0 Å². The molecule has 26 heavy (non-hydrogen) atoms. The van der Waals surface area contributed by atoms with Gasteiger partial charge in [-0.2, -0.15) is 17.5 Å². The van der Waals surface area contributed by atoms with E-state index in [0.717, 1.165) is 6.42 Å². The Morgan fingerprint density at radius 3 is 2.62 bits per heavy atom. The summed E-state index contributed by atoms with van der Waals surface area (Å²) >= 11 is 0. The molecule has 10 heteroatoms. The summed E-state index contributed by atoms with van der Waals surface area (Å²) in [6.45, 7) is 1.51. The number of rotatable bonds is 7. The fraction of sp³-hybridized carbons (Fsp3) is 0.562. The first kappa shape index (κ1) is 20.5. The van der Waals surface area contributed by atoms with Crippen molar-refractivity contribution in [2.24, 2.45) is 0 Å². The fourth-order valence-electron chi connectivity index (χ4n) is 2.82. The predicted molar refractivity (Wildman–Crippen MR) is 86.7 cm³/mol. The van der Waals surface area contributed by atoms with Gasteiger partial charge in [0.2, 0.25) is 0 Å². The van der Waals surface area contributed by atoms with Gasteiger partial charge in [0.25, 0.3) is 0 Å². The van der Waals surface area contributed by atoms with Gasteiger partial charge in [0.15, 0.2) is 0 Å². The second-order valence-corrected chi connectivity index (χ2v) is 7.70. The molecular formula is C16H20F3NO5S. The van der Waals surface area contributed by atoms with Gasteiger partial charge < -0.3 is 9.47 Å². The average Bonchev–Trinajstić information content (AvgIpc) is 2.93. The lowest BCUT2D eigenvalue weighted by Crippen LogP contribution is -2.40. The van der Waals surface area contributed by atoms with Crippen molar-refractivity contribution in [3.8, 4) is 5.75 Å². The van der Waals surface area contributed by atoms with Crippen molar-refractivity contribution in [3.63, 3.8) is 0 Å². The Bertz CT molecular complexity index is 764. The van der Waals surface area contributed by atoms with E-state index in [4.69, 9.17) is 9.47 Å². The minimum Gasteiger partial charge on any atom is -0.496 e. The molecule has 1 aliphatic rings. The number of ether oxygens (including phenoxy) is 2. The molecule has 0 amide bonds. The second kappa shape index (κ2) is 7.83. The molecule has 2 rings (SSSR count). The number of benzene rings is 1. The zero-order valence-electron chi connectivity index (χ0n) is 14.4. The molecule has 1 unspecified atom stereocenters. The summed E-state index contributed by atoms with van der Waals surface area (Å²) in [5.74, 6) is -0.479. The number of sulfonamides is 1. The molecule has 0 saturated carbocycles. The number of hydrogen-bond donors (Lipinski definition) is 0. The van der Waals surface area contributed by atoms with Crippen molar-refractivity contribution in [2.45, 2.75) is 44.3 Å². The minimum absolute atomic E-state index is 0.138. The van der Waals surface area contributed by atoms with Crippen LogP contribution in [0.5, 0.6) is 5.75 Å². The maximum Gasteiger partial charge on any atom is 0.511 e. The van der Waals surface area contributed by atoms with Gasteiger partial charge >= 0.3 is 21.5 Å². The Hall–Kier alpha value is -1.81. The summed E-state index contributed by atoms with van der Waals surface area (Å²) < 4.78 is 73.6. The fourth-order valence-corrected chi connectivity index (χ4v) is 3.91. The Morgan fingerprint density at radius 2 is 2.04 bits per heavy atom. The lowest BCUT2D eigenvalue weighted by Gasteiger charge is -2.24. The van der Waals surface area contributed by atoms with Gasteiger partial charge in [-0.1, -0.05) is 25.5 Å². The van der Waals surface area contributed by atoms with E-state index in [0.29, 0.717) is 21.9 Å². The topological polar surface area (TPSA) is 72.9 Å². The summed E-state index contributed by atoms with van der Waals surface area (Å²) in [7, 11) is -4.28. The van der Waals surface area contributed by atoms with Gasteiger partial charge in [0, 0.05) is 12.1 Å². The quantitative estimate of drug-likeness (QED) is 0.524. The Balaban J connectivity index is 2.37. The Morgan fingerprint density at radius 1 is 1.35 bits per heavy atom. The van der Waals surface area contributed by atoms with Crippen LogP contribution in [0.2, 0.25) is 0 Å². The Kier molecular flexibility index (Phi) is 6.17. The molecule has 1 aromatic carbocycles. The van der Waals surface area contributed by atoms with Gasteiger partial charge in [-0.05, 0) is 18.1 Å². The van der Waals surface area contributed by atoms with Crippen LogP contribution in [0.4, 0.5) is 13.2 Å². The maximum absolute atomic E-state index is 13.1.